The number of nitrogens with one attached hydrogen (secondary N) is 1. The van der Waals surface area contributed by atoms with Crippen molar-refractivity contribution in [2.75, 3.05) is 7.05 Å². The molecule has 0 aliphatic heterocycles. The highest BCUT2D eigenvalue weighted by molar-refractivity contribution is 6.36. The Hall–Kier alpha value is -1.16. The Morgan fingerprint density at radius 1 is 1.00 bits per heavy atom. The number of hydrogen-bond donors (Lipinski definition) is 1. The summed E-state index contributed by atoms with van der Waals surface area (Å²) in [6, 6.07) is 7.93. The molecule has 0 spiro atoms. The molecule has 2 rings (SSSR count). The Morgan fingerprint density at radius 3 is 2.00 bits per heavy atom. The summed E-state index contributed by atoms with van der Waals surface area (Å²) >= 11 is 12.2. The maximum absolute atomic E-state index is 13.3. The number of hydrogen-bond acceptors (Lipinski definition) is 1. The molecule has 0 saturated carbocycles. The van der Waals surface area contributed by atoms with E-state index in [9.17, 15) is 8.78 Å². The lowest BCUT2D eigenvalue weighted by Crippen LogP contribution is -2.19. The van der Waals surface area contributed by atoms with Crippen LogP contribution in [-0.2, 0) is 0 Å². The molecule has 0 aliphatic rings. The Bertz CT molecular complexity index is 561. The molecule has 0 amide bonds. The van der Waals surface area contributed by atoms with Crippen molar-refractivity contribution in [1.82, 2.24) is 5.32 Å². The summed E-state index contributed by atoms with van der Waals surface area (Å²) in [6.45, 7) is 0. The standard InChI is InChI=1S/C14H11Cl2F2N/c1-19-14(8-5-9(17)7-10(18)6-8)13-11(15)3-2-4-12(13)16/h2-7,14,19H,1H3. The quantitative estimate of drug-likeness (QED) is 0.875. The third-order valence-corrected chi connectivity index (χ3v) is 3.45. The molecule has 2 aromatic carbocycles. The smallest absolute Gasteiger partial charge is 0.126 e. The van der Waals surface area contributed by atoms with Crippen molar-refractivity contribution in [3.8, 4) is 0 Å². The van der Waals surface area contributed by atoms with Gasteiger partial charge in [0.1, 0.15) is 11.6 Å². The molecule has 0 fully saturated rings. The normalized spacial score (nSPS) is 12.5. The summed E-state index contributed by atoms with van der Waals surface area (Å²) < 4.78 is 26.6. The molecule has 0 radical (unpaired) electrons. The summed E-state index contributed by atoms with van der Waals surface area (Å²) in [5, 5.41) is 3.85. The lowest BCUT2D eigenvalue weighted by atomic mass is 9.98. The largest absolute Gasteiger partial charge is 0.309 e. The third kappa shape index (κ3) is 3.06. The van der Waals surface area contributed by atoms with Gasteiger partial charge in [-0.3, -0.25) is 0 Å². The minimum atomic E-state index is -0.640. The fraction of sp³-hybridized carbons (Fsp3) is 0.143. The lowest BCUT2D eigenvalue weighted by molar-refractivity contribution is 0.571. The van der Waals surface area contributed by atoms with Crippen LogP contribution in [0.1, 0.15) is 17.2 Å². The van der Waals surface area contributed by atoms with Crippen molar-refractivity contribution >= 4 is 23.2 Å². The van der Waals surface area contributed by atoms with Crippen molar-refractivity contribution in [2.45, 2.75) is 6.04 Å². The highest BCUT2D eigenvalue weighted by Crippen LogP contribution is 2.34. The molecule has 1 atom stereocenters. The van der Waals surface area contributed by atoms with Crippen molar-refractivity contribution in [2.24, 2.45) is 0 Å². The summed E-state index contributed by atoms with van der Waals surface area (Å²) in [7, 11) is 1.67. The van der Waals surface area contributed by atoms with E-state index in [1.165, 1.54) is 12.1 Å². The van der Waals surface area contributed by atoms with E-state index in [-0.39, 0.29) is 0 Å². The highest BCUT2D eigenvalue weighted by atomic mass is 35.5. The molecular weight excluding hydrogens is 291 g/mol. The summed E-state index contributed by atoms with van der Waals surface area (Å²) in [4.78, 5) is 0. The Morgan fingerprint density at radius 2 is 1.53 bits per heavy atom. The minimum absolute atomic E-state index is 0.426. The average molecular weight is 302 g/mol. The maximum Gasteiger partial charge on any atom is 0.126 e. The maximum atomic E-state index is 13.3. The van der Waals surface area contributed by atoms with Gasteiger partial charge in [-0.2, -0.15) is 0 Å². The lowest BCUT2D eigenvalue weighted by Gasteiger charge is -2.20. The van der Waals surface area contributed by atoms with Crippen molar-refractivity contribution < 1.29 is 8.78 Å². The molecule has 0 bridgehead atoms. The first-order chi connectivity index (χ1) is 9.02. The van der Waals surface area contributed by atoms with Gasteiger partial charge in [0.2, 0.25) is 0 Å². The van der Waals surface area contributed by atoms with Gasteiger partial charge in [0, 0.05) is 21.7 Å². The molecule has 2 aromatic rings. The molecule has 100 valence electrons. The van der Waals surface area contributed by atoms with Crippen molar-refractivity contribution in [3.05, 3.63) is 69.2 Å². The van der Waals surface area contributed by atoms with Gasteiger partial charge in [0.15, 0.2) is 0 Å². The zero-order valence-electron chi connectivity index (χ0n) is 10.1. The van der Waals surface area contributed by atoms with E-state index >= 15 is 0 Å². The second-order valence-corrected chi connectivity index (χ2v) is 4.87. The molecule has 1 nitrogen and oxygen atoms in total. The first kappa shape index (κ1) is 14.3. The van der Waals surface area contributed by atoms with Gasteiger partial charge < -0.3 is 5.32 Å². The van der Waals surface area contributed by atoms with Crippen LogP contribution >= 0.6 is 23.2 Å². The first-order valence-electron chi connectivity index (χ1n) is 5.60. The third-order valence-electron chi connectivity index (χ3n) is 2.80. The van der Waals surface area contributed by atoms with Gasteiger partial charge in [-0.15, -0.1) is 0 Å². The Labute approximate surface area is 120 Å². The predicted molar refractivity (Wildman–Crippen MR) is 73.7 cm³/mol. The summed E-state index contributed by atoms with van der Waals surface area (Å²) in [5.74, 6) is -1.28. The molecule has 19 heavy (non-hydrogen) atoms. The van der Waals surface area contributed by atoms with Gasteiger partial charge >= 0.3 is 0 Å². The number of benzene rings is 2. The van der Waals surface area contributed by atoms with Crippen LogP contribution in [0.2, 0.25) is 10.0 Å². The zero-order chi connectivity index (χ0) is 14.0. The van der Waals surface area contributed by atoms with E-state index in [4.69, 9.17) is 23.2 Å². The molecule has 5 heteroatoms. The molecular formula is C14H11Cl2F2N. The molecule has 0 saturated heterocycles. The molecule has 0 heterocycles. The summed E-state index contributed by atoms with van der Waals surface area (Å²) in [6.07, 6.45) is 0. The van der Waals surface area contributed by atoms with E-state index in [0.29, 0.717) is 21.2 Å². The highest BCUT2D eigenvalue weighted by Gasteiger charge is 2.19. The average Bonchev–Trinajstić information content (AvgIpc) is 2.32. The second kappa shape index (κ2) is 5.87. The summed E-state index contributed by atoms with van der Waals surface area (Å²) in [5.41, 5.74) is 1.02. The van der Waals surface area contributed by atoms with Gasteiger partial charge in [-0.1, -0.05) is 29.3 Å². The Kier molecular flexibility index (Phi) is 4.40. The van der Waals surface area contributed by atoms with Crippen LogP contribution < -0.4 is 5.32 Å². The van der Waals surface area contributed by atoms with E-state index in [0.717, 1.165) is 6.07 Å². The van der Waals surface area contributed by atoms with Crippen LogP contribution in [0.25, 0.3) is 0 Å². The molecule has 1 unspecified atom stereocenters. The number of halogens is 4. The molecule has 1 N–H and O–H groups in total. The first-order valence-corrected chi connectivity index (χ1v) is 6.35. The monoisotopic (exact) mass is 301 g/mol. The molecule has 0 aliphatic carbocycles. The van der Waals surface area contributed by atoms with E-state index < -0.39 is 17.7 Å². The fourth-order valence-corrected chi connectivity index (χ4v) is 2.62. The topological polar surface area (TPSA) is 12.0 Å². The molecule has 0 aromatic heterocycles. The van der Waals surface area contributed by atoms with Crippen LogP contribution in [0.5, 0.6) is 0 Å². The van der Waals surface area contributed by atoms with Crippen LogP contribution in [0.4, 0.5) is 8.78 Å². The van der Waals surface area contributed by atoms with Crippen LogP contribution in [0.15, 0.2) is 36.4 Å². The second-order valence-electron chi connectivity index (χ2n) is 4.06. The van der Waals surface area contributed by atoms with E-state index in [1.807, 2.05) is 0 Å². The van der Waals surface area contributed by atoms with E-state index in [2.05, 4.69) is 5.32 Å². The van der Waals surface area contributed by atoms with Crippen molar-refractivity contribution in [3.63, 3.8) is 0 Å². The van der Waals surface area contributed by atoms with Gasteiger partial charge in [0.25, 0.3) is 0 Å². The van der Waals surface area contributed by atoms with Gasteiger partial charge in [-0.25, -0.2) is 8.78 Å². The predicted octanol–water partition coefficient (Wildman–Crippen LogP) is 4.58. The minimum Gasteiger partial charge on any atom is -0.309 e. The fourth-order valence-electron chi connectivity index (χ4n) is 2.01. The van der Waals surface area contributed by atoms with Crippen molar-refractivity contribution in [1.29, 1.82) is 0 Å². The van der Waals surface area contributed by atoms with Gasteiger partial charge in [0.05, 0.1) is 6.04 Å². The number of rotatable bonds is 3. The van der Waals surface area contributed by atoms with Crippen LogP contribution in [0.3, 0.4) is 0 Å². The SMILES string of the molecule is CNC(c1cc(F)cc(F)c1)c1c(Cl)cccc1Cl. The zero-order valence-corrected chi connectivity index (χ0v) is 11.6. The van der Waals surface area contributed by atoms with Gasteiger partial charge in [-0.05, 0) is 36.9 Å². The van der Waals surface area contributed by atoms with E-state index in [1.54, 1.807) is 25.2 Å². The Balaban J connectivity index is 2.56. The van der Waals surface area contributed by atoms with Crippen LogP contribution in [-0.4, -0.2) is 7.05 Å². The van der Waals surface area contributed by atoms with Crippen LogP contribution in [0, 0.1) is 11.6 Å².